The first-order valence-corrected chi connectivity index (χ1v) is 5.59. The molecule has 1 nitrogen and oxygen atoms in total. The van der Waals surface area contributed by atoms with Crippen LogP contribution in [-0.4, -0.2) is 0 Å². The second-order valence-corrected chi connectivity index (χ2v) is 4.52. The lowest BCUT2D eigenvalue weighted by Gasteiger charge is -2.20. The van der Waals surface area contributed by atoms with Crippen molar-refractivity contribution in [1.29, 1.82) is 0 Å². The molecule has 0 bridgehead atoms. The fourth-order valence-corrected chi connectivity index (χ4v) is 3.02. The summed E-state index contributed by atoms with van der Waals surface area (Å²) >= 11 is 1.83. The summed E-state index contributed by atoms with van der Waals surface area (Å²) in [6.07, 6.45) is 6.90. The zero-order valence-electron chi connectivity index (χ0n) is 7.25. The van der Waals surface area contributed by atoms with Gasteiger partial charge < -0.3 is 5.73 Å². The smallest absolute Gasteiger partial charge is 0.0458 e. The Morgan fingerprint density at radius 1 is 1.25 bits per heavy atom. The van der Waals surface area contributed by atoms with Gasteiger partial charge in [0.15, 0.2) is 0 Å². The second kappa shape index (κ2) is 3.48. The first-order chi connectivity index (χ1) is 5.88. The molecular weight excluding hydrogens is 166 g/mol. The van der Waals surface area contributed by atoms with Crippen LogP contribution in [0.2, 0.25) is 0 Å². The molecule has 0 aromatic carbocycles. The largest absolute Gasteiger partial charge is 0.398 e. The molecule has 66 valence electrons. The fraction of sp³-hybridized carbons (Fsp3) is 0.600. The van der Waals surface area contributed by atoms with Crippen molar-refractivity contribution >= 4 is 17.0 Å². The molecule has 0 radical (unpaired) electrons. The van der Waals surface area contributed by atoms with Crippen LogP contribution in [0.25, 0.3) is 0 Å². The van der Waals surface area contributed by atoms with Gasteiger partial charge in [0.1, 0.15) is 0 Å². The molecule has 1 aliphatic rings. The van der Waals surface area contributed by atoms with E-state index in [0.29, 0.717) is 0 Å². The SMILES string of the molecule is Nc1ccsc1C1CCCCC1. The van der Waals surface area contributed by atoms with Crippen LogP contribution < -0.4 is 5.73 Å². The van der Waals surface area contributed by atoms with Crippen molar-refractivity contribution in [3.63, 3.8) is 0 Å². The summed E-state index contributed by atoms with van der Waals surface area (Å²) in [5.41, 5.74) is 6.90. The van der Waals surface area contributed by atoms with Gasteiger partial charge in [-0.25, -0.2) is 0 Å². The van der Waals surface area contributed by atoms with Gasteiger partial charge >= 0.3 is 0 Å². The average molecular weight is 181 g/mol. The normalized spacial score (nSPS) is 19.7. The minimum absolute atomic E-state index is 0.777. The molecule has 1 aromatic rings. The molecule has 1 heterocycles. The van der Waals surface area contributed by atoms with Crippen LogP contribution in [0.4, 0.5) is 5.69 Å². The van der Waals surface area contributed by atoms with Gasteiger partial charge in [0.25, 0.3) is 0 Å². The van der Waals surface area contributed by atoms with Crippen molar-refractivity contribution in [2.24, 2.45) is 0 Å². The number of thiophene rings is 1. The number of hydrogen-bond donors (Lipinski definition) is 1. The molecule has 2 rings (SSSR count). The van der Waals surface area contributed by atoms with E-state index >= 15 is 0 Å². The van der Waals surface area contributed by atoms with E-state index in [4.69, 9.17) is 5.73 Å². The molecule has 0 amide bonds. The second-order valence-electron chi connectivity index (χ2n) is 3.58. The lowest BCUT2D eigenvalue weighted by molar-refractivity contribution is 0.449. The van der Waals surface area contributed by atoms with Crippen molar-refractivity contribution in [3.05, 3.63) is 16.3 Å². The molecule has 2 N–H and O–H groups in total. The standard InChI is InChI=1S/C10H15NS/c11-9-6-7-12-10(9)8-4-2-1-3-5-8/h6-8H,1-5,11H2. The van der Waals surface area contributed by atoms with Crippen LogP contribution in [0.5, 0.6) is 0 Å². The van der Waals surface area contributed by atoms with Gasteiger partial charge in [-0.1, -0.05) is 19.3 Å². The van der Waals surface area contributed by atoms with Crippen molar-refractivity contribution in [1.82, 2.24) is 0 Å². The van der Waals surface area contributed by atoms with Gasteiger partial charge in [0.2, 0.25) is 0 Å². The van der Waals surface area contributed by atoms with E-state index in [9.17, 15) is 0 Å². The zero-order valence-corrected chi connectivity index (χ0v) is 8.07. The van der Waals surface area contributed by atoms with E-state index < -0.39 is 0 Å². The van der Waals surface area contributed by atoms with Crippen molar-refractivity contribution < 1.29 is 0 Å². The number of anilines is 1. The Labute approximate surface area is 77.6 Å². The molecule has 1 aromatic heterocycles. The van der Waals surface area contributed by atoms with Crippen LogP contribution in [0, 0.1) is 0 Å². The maximum Gasteiger partial charge on any atom is 0.0458 e. The zero-order chi connectivity index (χ0) is 8.39. The van der Waals surface area contributed by atoms with E-state index in [1.807, 2.05) is 17.4 Å². The van der Waals surface area contributed by atoms with Crippen LogP contribution in [-0.2, 0) is 0 Å². The third-order valence-electron chi connectivity index (χ3n) is 2.70. The van der Waals surface area contributed by atoms with Crippen LogP contribution in [0.1, 0.15) is 42.9 Å². The van der Waals surface area contributed by atoms with Gasteiger partial charge in [0.05, 0.1) is 0 Å². The van der Waals surface area contributed by atoms with Crippen molar-refractivity contribution in [2.75, 3.05) is 5.73 Å². The molecule has 1 saturated carbocycles. The van der Waals surface area contributed by atoms with Gasteiger partial charge in [-0.05, 0) is 30.2 Å². The Kier molecular flexibility index (Phi) is 2.35. The highest BCUT2D eigenvalue weighted by atomic mass is 32.1. The third kappa shape index (κ3) is 1.48. The summed E-state index contributed by atoms with van der Waals surface area (Å²) in [4.78, 5) is 1.44. The van der Waals surface area contributed by atoms with Gasteiger partial charge in [0, 0.05) is 10.6 Å². The summed E-state index contributed by atoms with van der Waals surface area (Å²) in [5.74, 6) is 0.777. The van der Waals surface area contributed by atoms with E-state index in [0.717, 1.165) is 11.6 Å². The third-order valence-corrected chi connectivity index (χ3v) is 3.80. The first-order valence-electron chi connectivity index (χ1n) is 4.71. The number of nitrogen functional groups attached to an aromatic ring is 1. The van der Waals surface area contributed by atoms with E-state index in [-0.39, 0.29) is 0 Å². The molecule has 2 heteroatoms. The predicted molar refractivity (Wildman–Crippen MR) is 54.6 cm³/mol. The fourth-order valence-electron chi connectivity index (χ4n) is 2.03. The Morgan fingerprint density at radius 2 is 2.00 bits per heavy atom. The molecule has 0 unspecified atom stereocenters. The molecule has 1 fully saturated rings. The maximum absolute atomic E-state index is 5.88. The lowest BCUT2D eigenvalue weighted by atomic mass is 9.88. The average Bonchev–Trinajstić information content (AvgIpc) is 2.53. The number of hydrogen-bond acceptors (Lipinski definition) is 2. The Bertz CT molecular complexity index is 248. The molecular formula is C10H15NS. The highest BCUT2D eigenvalue weighted by Crippen LogP contribution is 2.38. The highest BCUT2D eigenvalue weighted by molar-refractivity contribution is 7.10. The van der Waals surface area contributed by atoms with E-state index in [1.165, 1.54) is 37.0 Å². The van der Waals surface area contributed by atoms with Crippen molar-refractivity contribution in [2.45, 2.75) is 38.0 Å². The Morgan fingerprint density at radius 3 is 2.58 bits per heavy atom. The molecule has 0 saturated heterocycles. The Hall–Kier alpha value is -0.500. The van der Waals surface area contributed by atoms with Crippen LogP contribution in [0.3, 0.4) is 0 Å². The van der Waals surface area contributed by atoms with Gasteiger partial charge in [-0.15, -0.1) is 11.3 Å². The summed E-state index contributed by atoms with van der Waals surface area (Å²) in [6.45, 7) is 0. The minimum Gasteiger partial charge on any atom is -0.398 e. The number of nitrogens with two attached hydrogens (primary N) is 1. The van der Waals surface area contributed by atoms with Gasteiger partial charge in [-0.2, -0.15) is 0 Å². The number of rotatable bonds is 1. The summed E-state index contributed by atoms with van der Waals surface area (Å²) in [7, 11) is 0. The summed E-state index contributed by atoms with van der Waals surface area (Å²) < 4.78 is 0. The maximum atomic E-state index is 5.88. The van der Waals surface area contributed by atoms with Crippen LogP contribution in [0.15, 0.2) is 11.4 Å². The molecule has 0 spiro atoms. The van der Waals surface area contributed by atoms with Crippen LogP contribution >= 0.6 is 11.3 Å². The highest BCUT2D eigenvalue weighted by Gasteiger charge is 2.18. The van der Waals surface area contributed by atoms with E-state index in [2.05, 4.69) is 5.38 Å². The summed E-state index contributed by atoms with van der Waals surface area (Å²) in [6, 6.07) is 2.04. The first kappa shape index (κ1) is 8.11. The Balaban J connectivity index is 2.13. The molecule has 1 aliphatic carbocycles. The quantitative estimate of drug-likeness (QED) is 0.706. The predicted octanol–water partition coefficient (Wildman–Crippen LogP) is 3.38. The molecule has 12 heavy (non-hydrogen) atoms. The monoisotopic (exact) mass is 181 g/mol. The lowest BCUT2D eigenvalue weighted by Crippen LogP contribution is -2.04. The van der Waals surface area contributed by atoms with E-state index in [1.54, 1.807) is 0 Å². The van der Waals surface area contributed by atoms with Gasteiger partial charge in [-0.3, -0.25) is 0 Å². The molecule has 0 aliphatic heterocycles. The van der Waals surface area contributed by atoms with Crippen molar-refractivity contribution in [3.8, 4) is 0 Å². The topological polar surface area (TPSA) is 26.0 Å². The molecule has 0 atom stereocenters. The minimum atomic E-state index is 0.777. The summed E-state index contributed by atoms with van der Waals surface area (Å²) in [5, 5.41) is 2.11.